The van der Waals surface area contributed by atoms with Gasteiger partial charge in [0, 0.05) is 30.6 Å². The lowest BCUT2D eigenvalue weighted by atomic mass is 10.2. The molecule has 0 spiro atoms. The van der Waals surface area contributed by atoms with Gasteiger partial charge in [0.2, 0.25) is 5.91 Å². The molecule has 0 aliphatic carbocycles. The maximum atomic E-state index is 12.1. The molecule has 0 saturated carbocycles. The highest BCUT2D eigenvalue weighted by Gasteiger charge is 2.16. The molecule has 5 heteroatoms. The number of ether oxygens (including phenoxy) is 1. The Morgan fingerprint density at radius 2 is 2.14 bits per heavy atom. The summed E-state index contributed by atoms with van der Waals surface area (Å²) in [6, 6.07) is 8.87. The number of thioether (sulfide) groups is 1. The fourth-order valence-electron chi connectivity index (χ4n) is 2.12. The number of nitrogens with one attached hydrogen (secondary N) is 1. The van der Waals surface area contributed by atoms with Crippen molar-refractivity contribution in [2.24, 2.45) is 0 Å². The van der Waals surface area contributed by atoms with Gasteiger partial charge in [0.1, 0.15) is 0 Å². The fraction of sp³-hybridized carbons (Fsp3) is 0.562. The van der Waals surface area contributed by atoms with Crippen molar-refractivity contribution >= 4 is 17.7 Å². The van der Waals surface area contributed by atoms with Crippen LogP contribution in [0.4, 0.5) is 0 Å². The average Bonchev–Trinajstić information content (AvgIpc) is 2.52. The number of morpholine rings is 1. The van der Waals surface area contributed by atoms with Gasteiger partial charge in [-0.2, -0.15) is 0 Å². The molecule has 1 fully saturated rings. The van der Waals surface area contributed by atoms with Crippen LogP contribution < -0.4 is 5.32 Å². The number of benzene rings is 1. The van der Waals surface area contributed by atoms with Crippen molar-refractivity contribution in [2.45, 2.75) is 31.3 Å². The van der Waals surface area contributed by atoms with E-state index in [1.807, 2.05) is 4.90 Å². The monoisotopic (exact) mass is 308 g/mol. The van der Waals surface area contributed by atoms with Crippen LogP contribution in [0, 0.1) is 0 Å². The Hall–Kier alpha value is -1.04. The maximum Gasteiger partial charge on any atom is 0.233 e. The van der Waals surface area contributed by atoms with Gasteiger partial charge in [-0.1, -0.05) is 26.0 Å². The van der Waals surface area contributed by atoms with Gasteiger partial charge in [0.05, 0.1) is 19.0 Å². The third-order valence-corrected chi connectivity index (χ3v) is 4.32. The lowest BCUT2D eigenvalue weighted by Crippen LogP contribution is -2.41. The molecule has 1 aliphatic rings. The number of hydrogen-bond donors (Lipinski definition) is 1. The summed E-state index contributed by atoms with van der Waals surface area (Å²) in [5.41, 5.74) is 1.26. The Labute approximate surface area is 131 Å². The van der Waals surface area contributed by atoms with E-state index in [0.29, 0.717) is 25.0 Å². The topological polar surface area (TPSA) is 41.6 Å². The standard InChI is InChI=1S/C16H24N2O2S/c1-13(2)17-11-14-4-3-5-15(10-14)21-12-16(19)18-6-8-20-9-7-18/h3-5,10,13,17H,6-9,11-12H2,1-2H3. The van der Waals surface area contributed by atoms with E-state index >= 15 is 0 Å². The minimum atomic E-state index is 0.203. The summed E-state index contributed by atoms with van der Waals surface area (Å²) in [5, 5.41) is 3.41. The molecule has 1 amide bonds. The normalized spacial score (nSPS) is 15.5. The number of nitrogens with zero attached hydrogens (tertiary/aromatic N) is 1. The minimum Gasteiger partial charge on any atom is -0.378 e. The highest BCUT2D eigenvalue weighted by Crippen LogP contribution is 2.20. The summed E-state index contributed by atoms with van der Waals surface area (Å²) < 4.78 is 5.27. The van der Waals surface area contributed by atoms with Crippen LogP contribution in [0.5, 0.6) is 0 Å². The maximum absolute atomic E-state index is 12.1. The van der Waals surface area contributed by atoms with Crippen LogP contribution in [0.25, 0.3) is 0 Å². The van der Waals surface area contributed by atoms with Gasteiger partial charge in [0.25, 0.3) is 0 Å². The quantitative estimate of drug-likeness (QED) is 0.818. The van der Waals surface area contributed by atoms with Crippen molar-refractivity contribution in [1.82, 2.24) is 10.2 Å². The number of hydrogen-bond acceptors (Lipinski definition) is 4. The van der Waals surface area contributed by atoms with Crippen molar-refractivity contribution in [3.8, 4) is 0 Å². The smallest absolute Gasteiger partial charge is 0.233 e. The molecule has 21 heavy (non-hydrogen) atoms. The summed E-state index contributed by atoms with van der Waals surface area (Å²) in [4.78, 5) is 15.2. The van der Waals surface area contributed by atoms with Gasteiger partial charge in [0.15, 0.2) is 0 Å². The summed E-state index contributed by atoms with van der Waals surface area (Å²) in [5.74, 6) is 0.704. The van der Waals surface area contributed by atoms with Gasteiger partial charge in [-0.15, -0.1) is 11.8 Å². The minimum absolute atomic E-state index is 0.203. The van der Waals surface area contributed by atoms with E-state index in [1.165, 1.54) is 5.56 Å². The van der Waals surface area contributed by atoms with Crippen LogP contribution >= 0.6 is 11.8 Å². The van der Waals surface area contributed by atoms with E-state index in [0.717, 1.165) is 24.5 Å². The number of amides is 1. The van der Waals surface area contributed by atoms with E-state index in [-0.39, 0.29) is 5.91 Å². The zero-order valence-electron chi connectivity index (χ0n) is 12.8. The summed E-state index contributed by atoms with van der Waals surface area (Å²) in [7, 11) is 0. The second kappa shape index (κ2) is 8.41. The van der Waals surface area contributed by atoms with E-state index in [1.54, 1.807) is 11.8 Å². The SMILES string of the molecule is CC(C)NCc1cccc(SCC(=O)N2CCOCC2)c1. The van der Waals surface area contributed by atoms with Crippen LogP contribution in [-0.2, 0) is 16.1 Å². The molecule has 1 aromatic rings. The molecule has 1 heterocycles. The molecule has 1 N–H and O–H groups in total. The first kappa shape index (κ1) is 16.3. The predicted molar refractivity (Wildman–Crippen MR) is 86.5 cm³/mol. The van der Waals surface area contributed by atoms with E-state index in [2.05, 4.69) is 43.4 Å². The van der Waals surface area contributed by atoms with Crippen molar-refractivity contribution in [1.29, 1.82) is 0 Å². The summed E-state index contributed by atoms with van der Waals surface area (Å²) >= 11 is 1.61. The molecule has 0 unspecified atom stereocenters. The Balaban J connectivity index is 1.82. The van der Waals surface area contributed by atoms with E-state index in [9.17, 15) is 4.79 Å². The molecule has 0 atom stereocenters. The Bertz CT molecular complexity index is 459. The van der Waals surface area contributed by atoms with Crippen LogP contribution in [0.2, 0.25) is 0 Å². The van der Waals surface area contributed by atoms with Gasteiger partial charge < -0.3 is 15.0 Å². The average molecular weight is 308 g/mol. The molecule has 1 aliphatic heterocycles. The van der Waals surface area contributed by atoms with Crippen LogP contribution in [0.15, 0.2) is 29.2 Å². The second-order valence-corrected chi connectivity index (χ2v) is 6.51. The van der Waals surface area contributed by atoms with Crippen LogP contribution in [-0.4, -0.2) is 48.9 Å². The molecule has 0 radical (unpaired) electrons. The Morgan fingerprint density at radius 1 is 1.38 bits per heavy atom. The molecule has 1 saturated heterocycles. The van der Waals surface area contributed by atoms with Crippen molar-refractivity contribution in [2.75, 3.05) is 32.1 Å². The lowest BCUT2D eigenvalue weighted by Gasteiger charge is -2.26. The second-order valence-electron chi connectivity index (χ2n) is 5.46. The van der Waals surface area contributed by atoms with Crippen LogP contribution in [0.1, 0.15) is 19.4 Å². The lowest BCUT2D eigenvalue weighted by molar-refractivity contribution is -0.132. The molecule has 2 rings (SSSR count). The first-order chi connectivity index (χ1) is 10.1. The third kappa shape index (κ3) is 5.69. The Morgan fingerprint density at radius 3 is 2.86 bits per heavy atom. The van der Waals surface area contributed by atoms with Crippen molar-refractivity contribution in [3.05, 3.63) is 29.8 Å². The predicted octanol–water partition coefficient (Wildman–Crippen LogP) is 2.14. The third-order valence-electron chi connectivity index (χ3n) is 3.34. The molecule has 0 aromatic heterocycles. The first-order valence-electron chi connectivity index (χ1n) is 7.46. The van der Waals surface area contributed by atoms with Gasteiger partial charge >= 0.3 is 0 Å². The molecule has 116 valence electrons. The molecule has 0 bridgehead atoms. The van der Waals surface area contributed by atoms with Crippen LogP contribution in [0.3, 0.4) is 0 Å². The number of rotatable bonds is 6. The largest absolute Gasteiger partial charge is 0.378 e. The molecular weight excluding hydrogens is 284 g/mol. The molecular formula is C16H24N2O2S. The van der Waals surface area contributed by atoms with Gasteiger partial charge in [-0.05, 0) is 17.7 Å². The summed E-state index contributed by atoms with van der Waals surface area (Å²) in [6.45, 7) is 7.90. The molecule has 4 nitrogen and oxygen atoms in total. The first-order valence-corrected chi connectivity index (χ1v) is 8.44. The highest BCUT2D eigenvalue weighted by molar-refractivity contribution is 8.00. The molecule has 1 aromatic carbocycles. The number of carbonyl (C=O) groups excluding carboxylic acids is 1. The Kier molecular flexibility index (Phi) is 6.54. The van der Waals surface area contributed by atoms with Crippen molar-refractivity contribution < 1.29 is 9.53 Å². The number of carbonyl (C=O) groups is 1. The van der Waals surface area contributed by atoms with E-state index in [4.69, 9.17) is 4.74 Å². The van der Waals surface area contributed by atoms with Crippen molar-refractivity contribution in [3.63, 3.8) is 0 Å². The van der Waals surface area contributed by atoms with E-state index < -0.39 is 0 Å². The zero-order valence-corrected chi connectivity index (χ0v) is 13.6. The summed E-state index contributed by atoms with van der Waals surface area (Å²) in [6.07, 6.45) is 0. The van der Waals surface area contributed by atoms with Gasteiger partial charge in [-0.25, -0.2) is 0 Å². The highest BCUT2D eigenvalue weighted by atomic mass is 32.2. The zero-order chi connectivity index (χ0) is 15.1. The van der Waals surface area contributed by atoms with Gasteiger partial charge in [-0.3, -0.25) is 4.79 Å². The fourth-order valence-corrected chi connectivity index (χ4v) is 3.00.